The van der Waals surface area contributed by atoms with E-state index in [1.54, 1.807) is 24.3 Å². The van der Waals surface area contributed by atoms with Gasteiger partial charge >= 0.3 is 5.97 Å². The van der Waals surface area contributed by atoms with Gasteiger partial charge in [0.1, 0.15) is 0 Å². The number of hydrogen-bond donors (Lipinski definition) is 1. The normalized spacial score (nSPS) is 10.9. The van der Waals surface area contributed by atoms with Crippen molar-refractivity contribution in [2.45, 2.75) is 6.92 Å². The fraction of sp³-hybridized carbons (Fsp3) is 0.227. The SMILES string of the molecule is CC=Cc1cc(OC)c(OC(=O)C=Cc2cc(OC)c(O)c(OC)c2)c(OC)c1. The zero-order valence-electron chi connectivity index (χ0n) is 17.0. The average molecular weight is 400 g/mol. The highest BCUT2D eigenvalue weighted by molar-refractivity contribution is 5.90. The van der Waals surface area contributed by atoms with Gasteiger partial charge < -0.3 is 28.8 Å². The standard InChI is InChI=1S/C22H24O7/c1-6-7-14-12-18(27-4)22(19(13-14)28-5)29-20(23)9-8-15-10-16(25-2)21(24)17(11-15)26-3/h6-13,24H,1-5H3. The number of ether oxygens (including phenoxy) is 5. The molecule has 7 heteroatoms. The lowest BCUT2D eigenvalue weighted by atomic mass is 10.1. The Morgan fingerprint density at radius 2 is 1.24 bits per heavy atom. The Labute approximate surface area is 169 Å². The molecular formula is C22H24O7. The van der Waals surface area contributed by atoms with Gasteiger partial charge in [-0.05, 0) is 48.4 Å². The molecule has 0 heterocycles. The van der Waals surface area contributed by atoms with Crippen LogP contribution in [-0.4, -0.2) is 39.5 Å². The Morgan fingerprint density at radius 1 is 0.793 bits per heavy atom. The van der Waals surface area contributed by atoms with Gasteiger partial charge in [0.15, 0.2) is 23.0 Å². The number of methoxy groups -OCH3 is 4. The van der Waals surface area contributed by atoms with E-state index in [4.69, 9.17) is 23.7 Å². The van der Waals surface area contributed by atoms with Crippen LogP contribution in [0.1, 0.15) is 18.1 Å². The highest BCUT2D eigenvalue weighted by atomic mass is 16.6. The van der Waals surface area contributed by atoms with Gasteiger partial charge in [0.05, 0.1) is 28.4 Å². The molecular weight excluding hydrogens is 376 g/mol. The Morgan fingerprint density at radius 3 is 1.69 bits per heavy atom. The molecule has 1 N–H and O–H groups in total. The predicted octanol–water partition coefficient (Wildman–Crippen LogP) is 4.08. The molecule has 0 aliphatic rings. The summed E-state index contributed by atoms with van der Waals surface area (Å²) in [6.45, 7) is 1.89. The van der Waals surface area contributed by atoms with E-state index in [0.717, 1.165) is 5.56 Å². The summed E-state index contributed by atoms with van der Waals surface area (Å²) in [5.41, 5.74) is 1.43. The minimum atomic E-state index is -0.633. The molecule has 154 valence electrons. The summed E-state index contributed by atoms with van der Waals surface area (Å²) in [5.74, 6) is 0.607. The zero-order chi connectivity index (χ0) is 21.4. The highest BCUT2D eigenvalue weighted by Gasteiger charge is 2.16. The third-order valence-electron chi connectivity index (χ3n) is 3.96. The number of phenols is 1. The molecule has 0 unspecified atom stereocenters. The zero-order valence-corrected chi connectivity index (χ0v) is 17.0. The third kappa shape index (κ3) is 5.22. The Balaban J connectivity index is 2.29. The van der Waals surface area contributed by atoms with Gasteiger partial charge in [-0.15, -0.1) is 0 Å². The Hall–Kier alpha value is -3.61. The quantitative estimate of drug-likeness (QED) is 0.406. The molecule has 0 amide bonds. The van der Waals surface area contributed by atoms with E-state index in [-0.39, 0.29) is 23.0 Å². The molecule has 0 radical (unpaired) electrons. The van der Waals surface area contributed by atoms with Crippen LogP contribution < -0.4 is 23.7 Å². The summed E-state index contributed by atoms with van der Waals surface area (Å²) in [7, 11) is 5.81. The maximum atomic E-state index is 12.4. The summed E-state index contributed by atoms with van der Waals surface area (Å²) in [6.07, 6.45) is 6.51. The van der Waals surface area contributed by atoms with Gasteiger partial charge in [-0.2, -0.15) is 0 Å². The van der Waals surface area contributed by atoms with Crippen LogP contribution in [0.5, 0.6) is 34.5 Å². The van der Waals surface area contributed by atoms with Gasteiger partial charge in [-0.1, -0.05) is 12.2 Å². The van der Waals surface area contributed by atoms with Gasteiger partial charge in [-0.3, -0.25) is 0 Å². The number of carbonyl (C=O) groups is 1. The number of esters is 1. The second-order valence-electron chi connectivity index (χ2n) is 5.78. The topological polar surface area (TPSA) is 83.5 Å². The number of phenolic OH excluding ortho intramolecular Hbond substituents is 1. The molecule has 0 saturated carbocycles. The Bertz CT molecular complexity index is 879. The van der Waals surface area contributed by atoms with Gasteiger partial charge in [0.2, 0.25) is 11.5 Å². The summed E-state index contributed by atoms with van der Waals surface area (Å²) >= 11 is 0. The van der Waals surface area contributed by atoms with E-state index in [1.165, 1.54) is 40.6 Å². The van der Waals surface area contributed by atoms with E-state index >= 15 is 0 Å². The molecule has 0 aliphatic carbocycles. The van der Waals surface area contributed by atoms with Crippen LogP contribution in [0.15, 0.2) is 36.4 Å². The molecule has 0 spiro atoms. The first-order valence-electron chi connectivity index (χ1n) is 8.70. The summed E-state index contributed by atoms with van der Waals surface area (Å²) in [5, 5.41) is 9.96. The van der Waals surface area contributed by atoms with E-state index in [9.17, 15) is 9.90 Å². The van der Waals surface area contributed by atoms with Crippen LogP contribution in [0.2, 0.25) is 0 Å². The molecule has 0 aromatic heterocycles. The second-order valence-corrected chi connectivity index (χ2v) is 5.78. The van der Waals surface area contributed by atoms with Crippen molar-refractivity contribution in [1.29, 1.82) is 0 Å². The minimum absolute atomic E-state index is 0.120. The first-order chi connectivity index (χ1) is 14.0. The fourth-order valence-corrected chi connectivity index (χ4v) is 2.60. The van der Waals surface area contributed by atoms with Crippen LogP contribution in [0.4, 0.5) is 0 Å². The van der Waals surface area contributed by atoms with Crippen molar-refractivity contribution in [3.05, 3.63) is 47.5 Å². The lowest BCUT2D eigenvalue weighted by Gasteiger charge is -2.13. The van der Waals surface area contributed by atoms with Crippen molar-refractivity contribution in [3.8, 4) is 34.5 Å². The van der Waals surface area contributed by atoms with Crippen molar-refractivity contribution in [1.82, 2.24) is 0 Å². The number of hydrogen-bond acceptors (Lipinski definition) is 7. The minimum Gasteiger partial charge on any atom is -0.502 e. The van der Waals surface area contributed by atoms with Gasteiger partial charge in [0, 0.05) is 6.08 Å². The third-order valence-corrected chi connectivity index (χ3v) is 3.96. The number of allylic oxidation sites excluding steroid dienone is 1. The fourth-order valence-electron chi connectivity index (χ4n) is 2.60. The van der Waals surface area contributed by atoms with Gasteiger partial charge in [-0.25, -0.2) is 4.79 Å². The van der Waals surface area contributed by atoms with E-state index in [2.05, 4.69) is 0 Å². The van der Waals surface area contributed by atoms with Crippen LogP contribution in [0, 0.1) is 0 Å². The average Bonchev–Trinajstić information content (AvgIpc) is 2.73. The molecule has 7 nitrogen and oxygen atoms in total. The smallest absolute Gasteiger partial charge is 0.336 e. The molecule has 0 aliphatic heterocycles. The van der Waals surface area contributed by atoms with Crippen molar-refractivity contribution < 1.29 is 33.6 Å². The number of benzene rings is 2. The predicted molar refractivity (Wildman–Crippen MR) is 110 cm³/mol. The van der Waals surface area contributed by atoms with Crippen LogP contribution in [0.25, 0.3) is 12.2 Å². The first kappa shape index (κ1) is 21.7. The maximum Gasteiger partial charge on any atom is 0.336 e. The second kappa shape index (κ2) is 10.1. The summed E-state index contributed by atoms with van der Waals surface area (Å²) in [6, 6.07) is 6.61. The van der Waals surface area contributed by atoms with Crippen LogP contribution >= 0.6 is 0 Å². The largest absolute Gasteiger partial charge is 0.502 e. The lowest BCUT2D eigenvalue weighted by Crippen LogP contribution is -2.06. The van der Waals surface area contributed by atoms with E-state index in [0.29, 0.717) is 17.1 Å². The van der Waals surface area contributed by atoms with E-state index < -0.39 is 5.97 Å². The highest BCUT2D eigenvalue weighted by Crippen LogP contribution is 2.39. The number of rotatable bonds is 8. The van der Waals surface area contributed by atoms with Gasteiger partial charge in [0.25, 0.3) is 0 Å². The molecule has 0 saturated heterocycles. The number of carbonyl (C=O) groups excluding carboxylic acids is 1. The maximum absolute atomic E-state index is 12.4. The van der Waals surface area contributed by atoms with Crippen molar-refractivity contribution in [3.63, 3.8) is 0 Å². The first-order valence-corrected chi connectivity index (χ1v) is 8.70. The van der Waals surface area contributed by atoms with Crippen molar-refractivity contribution in [2.75, 3.05) is 28.4 Å². The van der Waals surface area contributed by atoms with Crippen LogP contribution in [0.3, 0.4) is 0 Å². The lowest BCUT2D eigenvalue weighted by molar-refractivity contribution is -0.129. The van der Waals surface area contributed by atoms with Crippen molar-refractivity contribution >= 4 is 18.1 Å². The molecule has 0 fully saturated rings. The molecule has 2 aromatic carbocycles. The molecule has 2 aromatic rings. The van der Waals surface area contributed by atoms with E-state index in [1.807, 2.05) is 19.1 Å². The summed E-state index contributed by atoms with van der Waals surface area (Å²) in [4.78, 5) is 12.4. The Kier molecular flexibility index (Phi) is 7.54. The molecule has 29 heavy (non-hydrogen) atoms. The molecule has 0 atom stereocenters. The molecule has 2 rings (SSSR count). The van der Waals surface area contributed by atoms with Crippen molar-refractivity contribution in [2.24, 2.45) is 0 Å². The van der Waals surface area contributed by atoms with Crippen LogP contribution in [-0.2, 0) is 4.79 Å². The monoisotopic (exact) mass is 400 g/mol. The number of aromatic hydroxyl groups is 1. The summed E-state index contributed by atoms with van der Waals surface area (Å²) < 4.78 is 26.3. The molecule has 0 bridgehead atoms.